The summed E-state index contributed by atoms with van der Waals surface area (Å²) in [5.74, 6) is 0.429. The second kappa shape index (κ2) is 4.08. The van der Waals surface area contributed by atoms with Crippen molar-refractivity contribution in [1.82, 2.24) is 0 Å². The van der Waals surface area contributed by atoms with Gasteiger partial charge in [-0.25, -0.2) is 0 Å². The molecular weight excluding hydrogens is 114 g/mol. The van der Waals surface area contributed by atoms with Crippen molar-refractivity contribution in [3.8, 4) is 6.07 Å². The van der Waals surface area contributed by atoms with Crippen LogP contribution >= 0.6 is 0 Å². The average Bonchev–Trinajstić information content (AvgIpc) is 1.63. The third kappa shape index (κ3) is 5.02. The summed E-state index contributed by atoms with van der Waals surface area (Å²) in [5.41, 5.74) is 0. The zero-order chi connectivity index (χ0) is 7.28. The van der Waals surface area contributed by atoms with Gasteiger partial charge in [-0.1, -0.05) is 13.8 Å². The van der Waals surface area contributed by atoms with Gasteiger partial charge in [0.15, 0.2) is 0 Å². The summed E-state index contributed by atoms with van der Waals surface area (Å²) >= 11 is 0. The van der Waals surface area contributed by atoms with Gasteiger partial charge in [-0.15, -0.1) is 0 Å². The zero-order valence-corrected chi connectivity index (χ0v) is 5.85. The number of hydrogen-bond acceptors (Lipinski definition) is 2. The molecule has 2 heteroatoms. The Balaban J connectivity index is 3.42. The molecule has 0 aliphatic rings. The lowest BCUT2D eigenvalue weighted by atomic mass is 10.1. The van der Waals surface area contributed by atoms with E-state index in [1.165, 1.54) is 0 Å². The van der Waals surface area contributed by atoms with Crippen LogP contribution in [0, 0.1) is 17.2 Å². The van der Waals surface area contributed by atoms with Crippen LogP contribution in [0.4, 0.5) is 0 Å². The molecule has 0 saturated heterocycles. The molecule has 2 nitrogen and oxygen atoms in total. The predicted octanol–water partition coefficient (Wildman–Crippen LogP) is 1.52. The monoisotopic (exact) mass is 125 g/mol. The van der Waals surface area contributed by atoms with E-state index in [1.54, 1.807) is 0 Å². The fraction of sp³-hybridized carbons (Fsp3) is 0.714. The molecule has 0 saturated carbocycles. The fourth-order valence-corrected chi connectivity index (χ4v) is 0.616. The van der Waals surface area contributed by atoms with Gasteiger partial charge in [-0.05, 0) is 5.92 Å². The lowest BCUT2D eigenvalue weighted by molar-refractivity contribution is -0.118. The Kier molecular flexibility index (Phi) is 3.70. The van der Waals surface area contributed by atoms with Crippen molar-refractivity contribution in [1.29, 1.82) is 5.26 Å². The van der Waals surface area contributed by atoms with E-state index in [9.17, 15) is 4.79 Å². The van der Waals surface area contributed by atoms with Gasteiger partial charge < -0.3 is 0 Å². The van der Waals surface area contributed by atoms with Crippen LogP contribution in [0.5, 0.6) is 0 Å². The van der Waals surface area contributed by atoms with Crippen LogP contribution < -0.4 is 0 Å². The van der Waals surface area contributed by atoms with Gasteiger partial charge in [0.1, 0.15) is 5.78 Å². The summed E-state index contributed by atoms with van der Waals surface area (Å²) in [7, 11) is 0. The highest BCUT2D eigenvalue weighted by atomic mass is 16.1. The van der Waals surface area contributed by atoms with Gasteiger partial charge >= 0.3 is 0 Å². The third-order valence-electron chi connectivity index (χ3n) is 0.912. The first-order valence-electron chi connectivity index (χ1n) is 3.05. The normalized spacial score (nSPS) is 9.11. The molecule has 0 N–H and O–H groups in total. The number of nitriles is 1. The highest BCUT2D eigenvalue weighted by Crippen LogP contribution is 2.01. The summed E-state index contributed by atoms with van der Waals surface area (Å²) in [5, 5.41) is 8.08. The maximum absolute atomic E-state index is 10.6. The summed E-state index contributed by atoms with van der Waals surface area (Å²) < 4.78 is 0. The number of Topliss-reactive ketones (excluding diaryl/α,β-unsaturated/α-hetero) is 1. The fourth-order valence-electron chi connectivity index (χ4n) is 0.616. The lowest BCUT2D eigenvalue weighted by Crippen LogP contribution is -2.00. The first-order chi connectivity index (χ1) is 4.16. The molecule has 0 unspecified atom stereocenters. The van der Waals surface area contributed by atoms with Gasteiger partial charge in [0.25, 0.3) is 0 Å². The Bertz CT molecular complexity index is 132. The minimum Gasteiger partial charge on any atom is -0.299 e. The van der Waals surface area contributed by atoms with Gasteiger partial charge in [-0.3, -0.25) is 4.79 Å². The summed E-state index contributed by atoms with van der Waals surface area (Å²) in [6, 6.07) is 1.82. The number of nitrogens with zero attached hydrogens (tertiary/aromatic N) is 1. The minimum absolute atomic E-state index is 0.0486. The number of carbonyl (C=O) groups is 1. The van der Waals surface area contributed by atoms with Crippen LogP contribution in [0.15, 0.2) is 0 Å². The molecular formula is C7H11NO. The van der Waals surface area contributed by atoms with Crippen LogP contribution in [0.2, 0.25) is 0 Å². The molecule has 0 aromatic carbocycles. The smallest absolute Gasteiger partial charge is 0.147 e. The second-order valence-corrected chi connectivity index (χ2v) is 2.47. The van der Waals surface area contributed by atoms with Crippen LogP contribution in [-0.4, -0.2) is 5.78 Å². The first-order valence-corrected chi connectivity index (χ1v) is 3.05. The van der Waals surface area contributed by atoms with Gasteiger partial charge in [-0.2, -0.15) is 5.26 Å². The number of ketones is 1. The topological polar surface area (TPSA) is 40.9 Å². The number of hydrogen-bond donors (Lipinski definition) is 0. The van der Waals surface area contributed by atoms with Crippen LogP contribution in [-0.2, 0) is 4.79 Å². The van der Waals surface area contributed by atoms with Crippen molar-refractivity contribution in [2.24, 2.45) is 5.92 Å². The highest BCUT2D eigenvalue weighted by Gasteiger charge is 2.02. The number of rotatable bonds is 3. The van der Waals surface area contributed by atoms with Gasteiger partial charge in [0, 0.05) is 6.42 Å². The van der Waals surface area contributed by atoms with Crippen LogP contribution in [0.25, 0.3) is 0 Å². The second-order valence-electron chi connectivity index (χ2n) is 2.47. The first kappa shape index (κ1) is 8.16. The van der Waals surface area contributed by atoms with E-state index in [0.29, 0.717) is 12.3 Å². The average molecular weight is 125 g/mol. The van der Waals surface area contributed by atoms with Gasteiger partial charge in [0.2, 0.25) is 0 Å². The quantitative estimate of drug-likeness (QED) is 0.573. The Morgan fingerprint density at radius 2 is 2.22 bits per heavy atom. The predicted molar refractivity (Wildman–Crippen MR) is 34.7 cm³/mol. The molecule has 9 heavy (non-hydrogen) atoms. The Hall–Kier alpha value is -0.840. The van der Waals surface area contributed by atoms with Gasteiger partial charge in [0.05, 0.1) is 12.5 Å². The largest absolute Gasteiger partial charge is 0.299 e. The molecule has 0 fully saturated rings. The minimum atomic E-state index is 0.0486. The molecule has 0 aliphatic carbocycles. The molecule has 0 aromatic heterocycles. The van der Waals surface area contributed by atoms with E-state index in [4.69, 9.17) is 5.26 Å². The number of carbonyl (C=O) groups excluding carboxylic acids is 1. The van der Waals surface area contributed by atoms with Crippen molar-refractivity contribution in [2.75, 3.05) is 0 Å². The Labute approximate surface area is 55.5 Å². The van der Waals surface area contributed by atoms with Crippen molar-refractivity contribution < 1.29 is 4.79 Å². The summed E-state index contributed by atoms with van der Waals surface area (Å²) in [4.78, 5) is 10.6. The molecule has 0 bridgehead atoms. The van der Waals surface area contributed by atoms with Crippen LogP contribution in [0.1, 0.15) is 26.7 Å². The molecule has 0 heterocycles. The molecule has 0 amide bonds. The molecule has 0 spiro atoms. The van der Waals surface area contributed by atoms with Crippen molar-refractivity contribution in [2.45, 2.75) is 26.7 Å². The molecule has 0 radical (unpaired) electrons. The SMILES string of the molecule is CC(C)CC(=O)CC#N. The van der Waals surface area contributed by atoms with E-state index in [-0.39, 0.29) is 12.2 Å². The molecule has 0 atom stereocenters. The molecule has 0 aliphatic heterocycles. The molecule has 50 valence electrons. The van der Waals surface area contributed by atoms with Crippen molar-refractivity contribution >= 4 is 5.78 Å². The van der Waals surface area contributed by atoms with E-state index < -0.39 is 0 Å². The zero-order valence-electron chi connectivity index (χ0n) is 5.85. The Morgan fingerprint density at radius 3 is 2.56 bits per heavy atom. The maximum Gasteiger partial charge on any atom is 0.147 e. The van der Waals surface area contributed by atoms with E-state index >= 15 is 0 Å². The van der Waals surface area contributed by atoms with Crippen molar-refractivity contribution in [3.63, 3.8) is 0 Å². The third-order valence-corrected chi connectivity index (χ3v) is 0.912. The van der Waals surface area contributed by atoms with E-state index in [2.05, 4.69) is 0 Å². The van der Waals surface area contributed by atoms with Crippen molar-refractivity contribution in [3.05, 3.63) is 0 Å². The summed E-state index contributed by atoms with van der Waals surface area (Å²) in [6.07, 6.45) is 0.603. The molecule has 0 rings (SSSR count). The lowest BCUT2D eigenvalue weighted by Gasteiger charge is -1.97. The standard InChI is InChI=1S/C7H11NO/c1-6(2)5-7(9)3-4-8/h6H,3,5H2,1-2H3. The Morgan fingerprint density at radius 1 is 1.67 bits per heavy atom. The molecule has 0 aromatic rings. The van der Waals surface area contributed by atoms with Crippen LogP contribution in [0.3, 0.4) is 0 Å². The highest BCUT2D eigenvalue weighted by molar-refractivity contribution is 5.80. The summed E-state index contributed by atoms with van der Waals surface area (Å²) in [6.45, 7) is 3.94. The van der Waals surface area contributed by atoms with E-state index in [0.717, 1.165) is 0 Å². The van der Waals surface area contributed by atoms with E-state index in [1.807, 2.05) is 19.9 Å². The maximum atomic E-state index is 10.6.